The van der Waals surface area contributed by atoms with Gasteiger partial charge < -0.3 is 10.5 Å². The van der Waals surface area contributed by atoms with Crippen molar-refractivity contribution in [3.8, 4) is 0 Å². The fourth-order valence-electron chi connectivity index (χ4n) is 2.24. The van der Waals surface area contributed by atoms with E-state index >= 15 is 0 Å². The molecule has 0 amide bonds. The van der Waals surface area contributed by atoms with Crippen LogP contribution in [0.15, 0.2) is 14.3 Å². The lowest BCUT2D eigenvalue weighted by molar-refractivity contribution is -0.0432. The zero-order valence-electron chi connectivity index (χ0n) is 10.4. The lowest BCUT2D eigenvalue weighted by Crippen LogP contribution is -2.45. The molecule has 18 heavy (non-hydrogen) atoms. The molecular weight excluding hydrogens is 380 g/mol. The van der Waals surface area contributed by atoms with Gasteiger partial charge in [0.25, 0.3) is 0 Å². The number of ether oxygens (including phenoxy) is 1. The maximum atomic E-state index is 5.98. The summed E-state index contributed by atoms with van der Waals surface area (Å²) < 4.78 is 7.97. The average molecular weight is 398 g/mol. The van der Waals surface area contributed by atoms with E-state index in [0.717, 1.165) is 34.4 Å². The molecule has 2 rings (SSSR count). The van der Waals surface area contributed by atoms with Gasteiger partial charge >= 0.3 is 0 Å². The zero-order valence-corrected chi connectivity index (χ0v) is 14.4. The molecule has 1 aromatic heterocycles. The minimum absolute atomic E-state index is 0.301. The maximum absolute atomic E-state index is 5.98. The third kappa shape index (κ3) is 3.35. The Labute approximate surface area is 129 Å². The molecule has 2 N–H and O–H groups in total. The summed E-state index contributed by atoms with van der Waals surface area (Å²) in [6, 6.07) is 2.47. The van der Waals surface area contributed by atoms with Crippen molar-refractivity contribution >= 4 is 43.2 Å². The van der Waals surface area contributed by atoms with Gasteiger partial charge in [0.05, 0.1) is 22.5 Å². The monoisotopic (exact) mass is 396 g/mol. The molecule has 6 heteroatoms. The van der Waals surface area contributed by atoms with Gasteiger partial charge in [-0.15, -0.1) is 11.3 Å². The quantitative estimate of drug-likeness (QED) is 0.846. The molecule has 0 saturated carbocycles. The fraction of sp³-hybridized carbons (Fsp3) is 0.667. The molecule has 1 aromatic rings. The first-order chi connectivity index (χ1) is 8.65. The first kappa shape index (κ1) is 14.9. The summed E-state index contributed by atoms with van der Waals surface area (Å²) in [5.41, 5.74) is 5.98. The van der Waals surface area contributed by atoms with Crippen LogP contribution in [0.3, 0.4) is 0 Å². The van der Waals surface area contributed by atoms with E-state index < -0.39 is 0 Å². The molecule has 0 radical (unpaired) electrons. The minimum atomic E-state index is 0.301. The molecule has 0 spiro atoms. The van der Waals surface area contributed by atoms with Crippen LogP contribution in [0.2, 0.25) is 0 Å². The standard InChI is InChI=1S/C12H18Br2N2OS/c1-2-8-7-16(3-4-17-8)10(6-15)11-5-9(13)12(14)18-11/h5,8,10H,2-4,6-7,15H2,1H3. The highest BCUT2D eigenvalue weighted by Crippen LogP contribution is 2.37. The number of thiophene rings is 1. The third-order valence-corrected chi connectivity index (χ3v) is 6.64. The Hall–Kier alpha value is 0.540. The summed E-state index contributed by atoms with van der Waals surface area (Å²) in [5, 5.41) is 0. The SMILES string of the molecule is CCC1CN(C(CN)c2cc(Br)c(Br)s2)CCO1. The van der Waals surface area contributed by atoms with E-state index in [1.54, 1.807) is 11.3 Å². The van der Waals surface area contributed by atoms with Crippen molar-refractivity contribution < 1.29 is 4.74 Å². The molecule has 3 nitrogen and oxygen atoms in total. The van der Waals surface area contributed by atoms with E-state index in [4.69, 9.17) is 10.5 Å². The van der Waals surface area contributed by atoms with Gasteiger partial charge in [-0.3, -0.25) is 4.90 Å². The van der Waals surface area contributed by atoms with Crippen molar-refractivity contribution in [1.82, 2.24) is 4.90 Å². The van der Waals surface area contributed by atoms with E-state index in [9.17, 15) is 0 Å². The summed E-state index contributed by atoms with van der Waals surface area (Å²) in [7, 11) is 0. The van der Waals surface area contributed by atoms with Crippen LogP contribution < -0.4 is 5.73 Å². The van der Waals surface area contributed by atoms with Crippen LogP contribution in [0, 0.1) is 0 Å². The third-order valence-electron chi connectivity index (χ3n) is 3.28. The zero-order chi connectivity index (χ0) is 13.1. The Bertz CT molecular complexity index is 380. The average Bonchev–Trinajstić information content (AvgIpc) is 2.70. The van der Waals surface area contributed by atoms with E-state index in [1.165, 1.54) is 4.88 Å². The van der Waals surface area contributed by atoms with Crippen molar-refractivity contribution in [3.63, 3.8) is 0 Å². The van der Waals surface area contributed by atoms with Crippen molar-refractivity contribution in [1.29, 1.82) is 0 Å². The molecule has 2 unspecified atom stereocenters. The number of hydrogen-bond donors (Lipinski definition) is 1. The van der Waals surface area contributed by atoms with Crippen LogP contribution in [0.4, 0.5) is 0 Å². The van der Waals surface area contributed by atoms with Gasteiger partial charge in [-0.1, -0.05) is 6.92 Å². The first-order valence-corrected chi connectivity index (χ1v) is 8.56. The predicted molar refractivity (Wildman–Crippen MR) is 83.1 cm³/mol. The van der Waals surface area contributed by atoms with E-state index in [-0.39, 0.29) is 0 Å². The topological polar surface area (TPSA) is 38.5 Å². The van der Waals surface area contributed by atoms with Crippen molar-refractivity contribution in [2.45, 2.75) is 25.5 Å². The number of hydrogen-bond acceptors (Lipinski definition) is 4. The van der Waals surface area contributed by atoms with Crippen molar-refractivity contribution in [2.75, 3.05) is 26.2 Å². The second kappa shape index (κ2) is 6.81. The van der Waals surface area contributed by atoms with Crippen LogP contribution >= 0.6 is 43.2 Å². The van der Waals surface area contributed by atoms with Gasteiger partial charge in [-0.25, -0.2) is 0 Å². The Morgan fingerprint density at radius 2 is 2.39 bits per heavy atom. The number of nitrogens with two attached hydrogens (primary N) is 1. The lowest BCUT2D eigenvalue weighted by atomic mass is 10.1. The van der Waals surface area contributed by atoms with E-state index in [1.807, 2.05) is 0 Å². The predicted octanol–water partition coefficient (Wildman–Crippen LogP) is 3.38. The molecule has 102 valence electrons. The molecular formula is C12H18Br2N2OS. The van der Waals surface area contributed by atoms with Crippen LogP contribution in [0.1, 0.15) is 24.3 Å². The first-order valence-electron chi connectivity index (χ1n) is 6.16. The molecule has 1 aliphatic rings. The van der Waals surface area contributed by atoms with Gasteiger partial charge in [-0.2, -0.15) is 0 Å². The summed E-state index contributed by atoms with van der Waals surface area (Å²) in [5.74, 6) is 0. The van der Waals surface area contributed by atoms with Crippen LogP contribution in [0.25, 0.3) is 0 Å². The molecule has 2 atom stereocenters. The van der Waals surface area contributed by atoms with Crippen LogP contribution in [0.5, 0.6) is 0 Å². The molecule has 0 aliphatic carbocycles. The van der Waals surface area contributed by atoms with Gasteiger partial charge in [0, 0.05) is 29.0 Å². The summed E-state index contributed by atoms with van der Waals surface area (Å²) in [4.78, 5) is 3.76. The highest BCUT2D eigenvalue weighted by Gasteiger charge is 2.27. The van der Waals surface area contributed by atoms with Gasteiger partial charge in [0.2, 0.25) is 0 Å². The Balaban J connectivity index is 2.12. The normalized spacial score (nSPS) is 23.2. The summed E-state index contributed by atoms with van der Waals surface area (Å²) >= 11 is 8.85. The van der Waals surface area contributed by atoms with E-state index in [0.29, 0.717) is 18.7 Å². The Kier molecular flexibility index (Phi) is 5.65. The maximum Gasteiger partial charge on any atom is 0.0843 e. The number of halogens is 2. The molecule has 1 fully saturated rings. The molecule has 0 aromatic carbocycles. The fourth-order valence-corrected chi connectivity index (χ4v) is 4.48. The minimum Gasteiger partial charge on any atom is -0.376 e. The Morgan fingerprint density at radius 1 is 1.61 bits per heavy atom. The second-order valence-corrected chi connectivity index (χ2v) is 7.67. The number of morpholine rings is 1. The van der Waals surface area contributed by atoms with Gasteiger partial charge in [0.1, 0.15) is 0 Å². The number of rotatable bonds is 4. The summed E-state index contributed by atoms with van der Waals surface area (Å²) in [6.07, 6.45) is 1.41. The van der Waals surface area contributed by atoms with E-state index in [2.05, 4.69) is 49.7 Å². The molecule has 1 saturated heterocycles. The smallest absolute Gasteiger partial charge is 0.0843 e. The molecule has 0 bridgehead atoms. The van der Waals surface area contributed by atoms with Gasteiger partial charge in [0.15, 0.2) is 0 Å². The van der Waals surface area contributed by atoms with Crippen molar-refractivity contribution in [2.24, 2.45) is 5.73 Å². The number of nitrogens with zero attached hydrogens (tertiary/aromatic N) is 1. The largest absolute Gasteiger partial charge is 0.376 e. The Morgan fingerprint density at radius 3 is 2.94 bits per heavy atom. The lowest BCUT2D eigenvalue weighted by Gasteiger charge is -2.37. The highest BCUT2D eigenvalue weighted by atomic mass is 79.9. The van der Waals surface area contributed by atoms with Crippen molar-refractivity contribution in [3.05, 3.63) is 19.2 Å². The van der Waals surface area contributed by atoms with Crippen LogP contribution in [-0.2, 0) is 4.74 Å². The van der Waals surface area contributed by atoms with Gasteiger partial charge in [-0.05, 0) is 44.3 Å². The summed E-state index contributed by atoms with van der Waals surface area (Å²) in [6.45, 7) is 5.57. The highest BCUT2D eigenvalue weighted by molar-refractivity contribution is 9.13. The second-order valence-electron chi connectivity index (χ2n) is 4.42. The van der Waals surface area contributed by atoms with Crippen LogP contribution in [-0.4, -0.2) is 37.2 Å². The molecule has 2 heterocycles. The molecule has 1 aliphatic heterocycles.